The molecule has 108 valence electrons. The second kappa shape index (κ2) is 6.50. The minimum atomic E-state index is -3.18. The number of rotatable bonds is 6. The van der Waals surface area contributed by atoms with Gasteiger partial charge in [-0.25, -0.2) is 8.42 Å². The Balaban J connectivity index is 2.76. The third-order valence-electron chi connectivity index (χ3n) is 3.50. The average Bonchev–Trinajstić information content (AvgIpc) is 2.36. The quantitative estimate of drug-likeness (QED) is 0.866. The Morgan fingerprint density at radius 3 is 2.21 bits per heavy atom. The van der Waals surface area contributed by atoms with Crippen LogP contribution in [0.1, 0.15) is 31.9 Å². The van der Waals surface area contributed by atoms with E-state index in [1.54, 1.807) is 12.1 Å². The molecular weight excluding hydrogens is 262 g/mol. The van der Waals surface area contributed by atoms with Crippen LogP contribution in [0.15, 0.2) is 29.2 Å². The molecular formula is C14H23NO3S. The van der Waals surface area contributed by atoms with Gasteiger partial charge in [0.15, 0.2) is 9.84 Å². The van der Waals surface area contributed by atoms with Gasteiger partial charge in [-0.2, -0.15) is 0 Å². The maximum Gasteiger partial charge on any atom is 0.175 e. The van der Waals surface area contributed by atoms with Crippen LogP contribution in [0, 0.1) is 0 Å². The molecule has 0 aliphatic rings. The fourth-order valence-corrected chi connectivity index (χ4v) is 2.44. The van der Waals surface area contributed by atoms with Gasteiger partial charge in [-0.05, 0) is 38.1 Å². The van der Waals surface area contributed by atoms with Crippen LogP contribution in [0.25, 0.3) is 0 Å². The van der Waals surface area contributed by atoms with E-state index in [1.807, 2.05) is 7.05 Å². The highest BCUT2D eigenvalue weighted by molar-refractivity contribution is 7.90. The van der Waals surface area contributed by atoms with Crippen LogP contribution < -0.4 is 0 Å². The molecule has 1 aromatic rings. The highest BCUT2D eigenvalue weighted by atomic mass is 32.2. The second-order valence-electron chi connectivity index (χ2n) is 5.05. The molecule has 2 unspecified atom stereocenters. The molecule has 0 saturated heterocycles. The first-order valence-electron chi connectivity index (χ1n) is 6.44. The number of hydrogen-bond donors (Lipinski definition) is 1. The topological polar surface area (TPSA) is 57.6 Å². The molecule has 0 heterocycles. The van der Waals surface area contributed by atoms with E-state index in [0.717, 1.165) is 12.0 Å². The van der Waals surface area contributed by atoms with Crippen LogP contribution >= 0.6 is 0 Å². The molecule has 0 spiro atoms. The van der Waals surface area contributed by atoms with Crippen molar-refractivity contribution in [2.45, 2.75) is 37.3 Å². The lowest BCUT2D eigenvalue weighted by atomic mass is 10.1. The van der Waals surface area contributed by atoms with Crippen molar-refractivity contribution in [1.29, 1.82) is 0 Å². The van der Waals surface area contributed by atoms with E-state index in [4.69, 9.17) is 0 Å². The summed E-state index contributed by atoms with van der Waals surface area (Å²) in [5.41, 5.74) is 0.738. The number of likely N-dealkylation sites (N-methyl/N-ethyl adjacent to an activating group) is 1. The van der Waals surface area contributed by atoms with Gasteiger partial charge in [-0.1, -0.05) is 19.1 Å². The largest absolute Gasteiger partial charge is 0.387 e. The summed E-state index contributed by atoms with van der Waals surface area (Å²) >= 11 is 0. The highest BCUT2D eigenvalue weighted by Crippen LogP contribution is 2.18. The van der Waals surface area contributed by atoms with E-state index in [1.165, 1.54) is 18.4 Å². The van der Waals surface area contributed by atoms with Gasteiger partial charge < -0.3 is 10.0 Å². The van der Waals surface area contributed by atoms with E-state index in [9.17, 15) is 13.5 Å². The Bertz CT molecular complexity index is 496. The fraction of sp³-hybridized carbons (Fsp3) is 0.571. The van der Waals surface area contributed by atoms with Crippen LogP contribution in [0.5, 0.6) is 0 Å². The summed E-state index contributed by atoms with van der Waals surface area (Å²) in [6.07, 6.45) is 1.60. The fourth-order valence-electron chi connectivity index (χ4n) is 1.81. The molecule has 0 saturated carbocycles. The van der Waals surface area contributed by atoms with Crippen molar-refractivity contribution in [2.75, 3.05) is 19.8 Å². The summed E-state index contributed by atoms with van der Waals surface area (Å²) in [6, 6.07) is 6.83. The molecule has 0 aliphatic carbocycles. The second-order valence-corrected chi connectivity index (χ2v) is 7.07. The van der Waals surface area contributed by atoms with E-state index < -0.39 is 15.9 Å². The third-order valence-corrected chi connectivity index (χ3v) is 4.63. The molecule has 1 aromatic carbocycles. The molecule has 4 nitrogen and oxygen atoms in total. The summed E-state index contributed by atoms with van der Waals surface area (Å²) in [5, 5.41) is 10.1. The Hall–Kier alpha value is -0.910. The van der Waals surface area contributed by atoms with Crippen molar-refractivity contribution < 1.29 is 13.5 Å². The smallest absolute Gasteiger partial charge is 0.175 e. The summed E-state index contributed by atoms with van der Waals surface area (Å²) in [7, 11) is -1.20. The first kappa shape index (κ1) is 16.1. The van der Waals surface area contributed by atoms with Crippen molar-refractivity contribution in [3.05, 3.63) is 29.8 Å². The van der Waals surface area contributed by atoms with Gasteiger partial charge in [0.1, 0.15) is 0 Å². The van der Waals surface area contributed by atoms with Crippen molar-refractivity contribution in [2.24, 2.45) is 0 Å². The van der Waals surface area contributed by atoms with E-state index in [2.05, 4.69) is 18.7 Å². The van der Waals surface area contributed by atoms with Crippen molar-refractivity contribution in [3.8, 4) is 0 Å². The summed E-state index contributed by atoms with van der Waals surface area (Å²) < 4.78 is 22.7. The molecule has 5 heteroatoms. The van der Waals surface area contributed by atoms with Gasteiger partial charge in [0.05, 0.1) is 11.0 Å². The van der Waals surface area contributed by atoms with Crippen molar-refractivity contribution in [1.82, 2.24) is 4.90 Å². The molecule has 0 fully saturated rings. The first-order valence-corrected chi connectivity index (χ1v) is 8.33. The van der Waals surface area contributed by atoms with Gasteiger partial charge in [0, 0.05) is 18.8 Å². The monoisotopic (exact) mass is 285 g/mol. The van der Waals surface area contributed by atoms with Crippen LogP contribution in [0.2, 0.25) is 0 Å². The normalized spacial score (nSPS) is 15.5. The lowest BCUT2D eigenvalue weighted by molar-refractivity contribution is 0.107. The highest BCUT2D eigenvalue weighted by Gasteiger charge is 2.15. The Morgan fingerprint density at radius 1 is 1.26 bits per heavy atom. The Labute approximate surface area is 116 Å². The minimum Gasteiger partial charge on any atom is -0.387 e. The summed E-state index contributed by atoms with van der Waals surface area (Å²) in [5.74, 6) is 0. The van der Waals surface area contributed by atoms with Gasteiger partial charge in [0.25, 0.3) is 0 Å². The van der Waals surface area contributed by atoms with Crippen LogP contribution in [0.4, 0.5) is 0 Å². The number of nitrogens with zero attached hydrogens (tertiary/aromatic N) is 1. The number of hydrogen-bond acceptors (Lipinski definition) is 4. The Kier molecular flexibility index (Phi) is 5.52. The zero-order chi connectivity index (χ0) is 14.6. The zero-order valence-electron chi connectivity index (χ0n) is 12.0. The molecule has 0 aliphatic heterocycles. The van der Waals surface area contributed by atoms with Gasteiger partial charge in [0.2, 0.25) is 0 Å². The van der Waals surface area contributed by atoms with Crippen molar-refractivity contribution >= 4 is 9.84 Å². The molecule has 0 aromatic heterocycles. The first-order chi connectivity index (χ1) is 8.75. The molecule has 1 rings (SSSR count). The summed E-state index contributed by atoms with van der Waals surface area (Å²) in [4.78, 5) is 2.37. The van der Waals surface area contributed by atoms with Gasteiger partial charge in [-0.3, -0.25) is 0 Å². The maximum absolute atomic E-state index is 11.3. The van der Waals surface area contributed by atoms with E-state index >= 15 is 0 Å². The molecule has 0 bridgehead atoms. The average molecular weight is 285 g/mol. The van der Waals surface area contributed by atoms with E-state index in [-0.39, 0.29) is 4.90 Å². The number of aliphatic hydroxyl groups is 1. The maximum atomic E-state index is 11.3. The van der Waals surface area contributed by atoms with Gasteiger partial charge >= 0.3 is 0 Å². The molecule has 0 radical (unpaired) electrons. The Morgan fingerprint density at radius 2 is 1.79 bits per heavy atom. The standard InChI is InChI=1S/C14H23NO3S/c1-5-11(2)15(3)10-14(16)12-6-8-13(9-7-12)19(4,17)18/h6-9,11,14,16H,5,10H2,1-4H3. The van der Waals surface area contributed by atoms with Crippen LogP contribution in [-0.2, 0) is 9.84 Å². The molecule has 0 amide bonds. The zero-order valence-corrected chi connectivity index (χ0v) is 12.8. The van der Waals surface area contributed by atoms with Crippen LogP contribution in [0.3, 0.4) is 0 Å². The number of sulfone groups is 1. The predicted molar refractivity (Wildman–Crippen MR) is 76.9 cm³/mol. The SMILES string of the molecule is CCC(C)N(C)CC(O)c1ccc(S(C)(=O)=O)cc1. The molecule has 1 N–H and O–H groups in total. The summed E-state index contributed by atoms with van der Waals surface area (Å²) in [6.45, 7) is 4.75. The molecule has 2 atom stereocenters. The minimum absolute atomic E-state index is 0.277. The van der Waals surface area contributed by atoms with Gasteiger partial charge in [-0.15, -0.1) is 0 Å². The van der Waals surface area contributed by atoms with Crippen molar-refractivity contribution in [3.63, 3.8) is 0 Å². The third kappa shape index (κ3) is 4.60. The predicted octanol–water partition coefficient (Wildman–Crippen LogP) is 1.85. The van der Waals surface area contributed by atoms with Crippen LogP contribution in [-0.4, -0.2) is 44.3 Å². The number of aliphatic hydroxyl groups excluding tert-OH is 1. The molecule has 19 heavy (non-hydrogen) atoms. The lowest BCUT2D eigenvalue weighted by Crippen LogP contribution is -2.32. The van der Waals surface area contributed by atoms with E-state index in [0.29, 0.717) is 12.6 Å². The number of benzene rings is 1. The lowest BCUT2D eigenvalue weighted by Gasteiger charge is -2.26.